The van der Waals surface area contributed by atoms with E-state index in [-0.39, 0.29) is 5.54 Å². The van der Waals surface area contributed by atoms with Crippen LogP contribution >= 0.6 is 0 Å². The average molecular weight is 203 g/mol. The van der Waals surface area contributed by atoms with Crippen molar-refractivity contribution in [1.29, 1.82) is 0 Å². The molecule has 0 aromatic rings. The quantitative estimate of drug-likeness (QED) is 0.690. The standard InChI is InChI=1S/C8H17N3OS/c1-3-10-7-4-8(5-7,6-7)11-13(2,9)12/h10H,3-6H2,1-2H3,(H2,9,11,12). The van der Waals surface area contributed by atoms with E-state index in [0.29, 0.717) is 5.54 Å². The molecular formula is C8H17N3OS. The van der Waals surface area contributed by atoms with Crippen LogP contribution in [0.5, 0.6) is 0 Å². The first-order valence-electron chi connectivity index (χ1n) is 4.65. The lowest BCUT2D eigenvalue weighted by Crippen LogP contribution is -2.77. The molecule has 5 heteroatoms. The minimum Gasteiger partial charge on any atom is -0.311 e. The van der Waals surface area contributed by atoms with Crippen molar-refractivity contribution in [3.05, 3.63) is 0 Å². The Hall–Kier alpha value is -0.130. The van der Waals surface area contributed by atoms with Gasteiger partial charge in [0.25, 0.3) is 0 Å². The van der Waals surface area contributed by atoms with E-state index in [0.717, 1.165) is 25.8 Å². The molecule has 0 aromatic carbocycles. The second kappa shape index (κ2) is 2.46. The molecule has 3 N–H and O–H groups in total. The van der Waals surface area contributed by atoms with Crippen LogP contribution in [0.3, 0.4) is 0 Å². The van der Waals surface area contributed by atoms with Crippen LogP contribution in [0, 0.1) is 0 Å². The van der Waals surface area contributed by atoms with Gasteiger partial charge in [0.2, 0.25) is 0 Å². The van der Waals surface area contributed by atoms with E-state index >= 15 is 0 Å². The lowest BCUT2D eigenvalue weighted by atomic mass is 9.44. The zero-order valence-electron chi connectivity index (χ0n) is 8.17. The van der Waals surface area contributed by atoms with Gasteiger partial charge in [-0.15, -0.1) is 0 Å². The largest absolute Gasteiger partial charge is 0.311 e. The lowest BCUT2D eigenvalue weighted by molar-refractivity contribution is -0.0738. The summed E-state index contributed by atoms with van der Waals surface area (Å²) < 4.78 is 15.5. The Bertz CT molecular complexity index is 316. The van der Waals surface area contributed by atoms with Crippen molar-refractivity contribution in [3.63, 3.8) is 0 Å². The molecule has 0 saturated heterocycles. The summed E-state index contributed by atoms with van der Waals surface area (Å²) in [4.78, 5) is 0. The number of nitrogens with two attached hydrogens (primary N) is 1. The summed E-state index contributed by atoms with van der Waals surface area (Å²) in [5.74, 6) is 0. The molecule has 3 rings (SSSR count). The van der Waals surface area contributed by atoms with Crippen molar-refractivity contribution in [2.75, 3.05) is 12.8 Å². The Labute approximate surface area is 79.6 Å². The van der Waals surface area contributed by atoms with Crippen molar-refractivity contribution >= 4 is 9.92 Å². The van der Waals surface area contributed by atoms with Crippen LogP contribution in [0.2, 0.25) is 0 Å². The maximum absolute atomic E-state index is 11.3. The van der Waals surface area contributed by atoms with Gasteiger partial charge in [-0.05, 0) is 25.8 Å². The topological polar surface area (TPSA) is 67.5 Å². The third kappa shape index (κ3) is 1.49. The van der Waals surface area contributed by atoms with Gasteiger partial charge in [-0.2, -0.15) is 0 Å². The van der Waals surface area contributed by atoms with E-state index in [1.54, 1.807) is 0 Å². The summed E-state index contributed by atoms with van der Waals surface area (Å²) in [5, 5.41) is 8.85. The van der Waals surface area contributed by atoms with Crippen molar-refractivity contribution in [2.45, 2.75) is 37.3 Å². The van der Waals surface area contributed by atoms with Gasteiger partial charge < -0.3 is 5.32 Å². The second-order valence-corrected chi connectivity index (χ2v) is 6.42. The highest BCUT2D eigenvalue weighted by Crippen LogP contribution is 2.63. The van der Waals surface area contributed by atoms with Gasteiger partial charge >= 0.3 is 0 Å². The highest BCUT2D eigenvalue weighted by molar-refractivity contribution is 7.90. The molecule has 1 unspecified atom stereocenters. The van der Waals surface area contributed by atoms with Crippen LogP contribution in [0.1, 0.15) is 26.2 Å². The normalized spacial score (nSPS) is 45.8. The van der Waals surface area contributed by atoms with Gasteiger partial charge in [-0.25, -0.2) is 13.7 Å². The van der Waals surface area contributed by atoms with E-state index < -0.39 is 9.92 Å². The highest BCUT2D eigenvalue weighted by atomic mass is 32.2. The molecule has 0 radical (unpaired) electrons. The maximum Gasteiger partial charge on any atom is 0.102 e. The van der Waals surface area contributed by atoms with Crippen molar-refractivity contribution < 1.29 is 4.21 Å². The monoisotopic (exact) mass is 203 g/mol. The smallest absolute Gasteiger partial charge is 0.102 e. The number of hydrogen-bond acceptors (Lipinski definition) is 3. The van der Waals surface area contributed by atoms with E-state index in [9.17, 15) is 4.21 Å². The Morgan fingerprint density at radius 1 is 1.54 bits per heavy atom. The van der Waals surface area contributed by atoms with Gasteiger partial charge in [0.15, 0.2) is 0 Å². The summed E-state index contributed by atoms with van der Waals surface area (Å²) in [6.45, 7) is 3.11. The third-order valence-electron chi connectivity index (χ3n) is 2.93. The number of nitrogens with one attached hydrogen (secondary N) is 1. The summed E-state index contributed by atoms with van der Waals surface area (Å²) in [6.07, 6.45) is 4.58. The van der Waals surface area contributed by atoms with E-state index in [4.69, 9.17) is 5.14 Å². The molecule has 0 spiro atoms. The van der Waals surface area contributed by atoms with Gasteiger partial charge in [0.1, 0.15) is 9.92 Å². The van der Waals surface area contributed by atoms with Gasteiger partial charge in [0, 0.05) is 11.8 Å². The number of nitrogens with zero attached hydrogens (tertiary/aromatic N) is 1. The summed E-state index contributed by atoms with van der Waals surface area (Å²) in [5.41, 5.74) is 0.297. The zero-order valence-corrected chi connectivity index (χ0v) is 8.99. The molecule has 13 heavy (non-hydrogen) atoms. The highest BCUT2D eigenvalue weighted by Gasteiger charge is 2.68. The first-order valence-corrected chi connectivity index (χ1v) is 6.64. The average Bonchev–Trinajstić information content (AvgIpc) is 1.77. The van der Waals surface area contributed by atoms with Crippen LogP contribution in [0.25, 0.3) is 0 Å². The summed E-state index contributed by atoms with van der Waals surface area (Å²) in [6, 6.07) is 0. The molecule has 1 atom stereocenters. The van der Waals surface area contributed by atoms with Crippen LogP contribution in [0.15, 0.2) is 4.36 Å². The maximum atomic E-state index is 11.3. The molecule has 0 amide bonds. The minimum absolute atomic E-state index is 0.0250. The molecule has 0 aliphatic heterocycles. The van der Waals surface area contributed by atoms with Crippen LogP contribution in [-0.4, -0.2) is 28.1 Å². The van der Waals surface area contributed by atoms with Crippen molar-refractivity contribution in [3.8, 4) is 0 Å². The molecule has 0 aromatic heterocycles. The molecule has 3 aliphatic rings. The fraction of sp³-hybridized carbons (Fsp3) is 1.00. The molecule has 3 fully saturated rings. The second-order valence-electron chi connectivity index (χ2n) is 4.52. The van der Waals surface area contributed by atoms with Crippen molar-refractivity contribution in [2.24, 2.45) is 9.50 Å². The summed E-state index contributed by atoms with van der Waals surface area (Å²) >= 11 is 0. The van der Waals surface area contributed by atoms with Gasteiger partial charge in [0.05, 0.1) is 5.54 Å². The Morgan fingerprint density at radius 2 is 2.08 bits per heavy atom. The van der Waals surface area contributed by atoms with Gasteiger partial charge in [-0.3, -0.25) is 0 Å². The SMILES string of the molecule is CCNC12CC(N=S(C)(N)=O)(C1)C2. The Morgan fingerprint density at radius 3 is 2.46 bits per heavy atom. The minimum atomic E-state index is -2.40. The number of rotatable bonds is 3. The predicted octanol–water partition coefficient (Wildman–Crippen LogP) is 0.243. The first-order chi connectivity index (χ1) is 5.89. The summed E-state index contributed by atoms with van der Waals surface area (Å²) in [7, 11) is -2.40. The van der Waals surface area contributed by atoms with Crippen molar-refractivity contribution in [1.82, 2.24) is 5.32 Å². The fourth-order valence-electron chi connectivity index (χ4n) is 2.78. The Kier molecular flexibility index (Phi) is 1.78. The van der Waals surface area contributed by atoms with E-state index in [1.165, 1.54) is 6.26 Å². The van der Waals surface area contributed by atoms with Gasteiger partial charge in [-0.1, -0.05) is 6.92 Å². The molecular weight excluding hydrogens is 186 g/mol. The molecule has 76 valence electrons. The molecule has 4 nitrogen and oxygen atoms in total. The van der Waals surface area contributed by atoms with Crippen LogP contribution < -0.4 is 10.5 Å². The lowest BCUT2D eigenvalue weighted by Gasteiger charge is -2.68. The molecule has 2 bridgehead atoms. The zero-order chi connectivity index (χ0) is 9.74. The fourth-order valence-corrected chi connectivity index (χ4v) is 3.74. The van der Waals surface area contributed by atoms with Crippen LogP contribution in [-0.2, 0) is 9.92 Å². The third-order valence-corrected chi connectivity index (χ3v) is 3.68. The van der Waals surface area contributed by atoms with E-state index in [2.05, 4.69) is 16.6 Å². The van der Waals surface area contributed by atoms with Crippen LogP contribution in [0.4, 0.5) is 0 Å². The molecule has 3 aliphatic carbocycles. The first kappa shape index (κ1) is 9.43. The number of hydrogen-bond donors (Lipinski definition) is 2. The Balaban J connectivity index is 2.01. The molecule has 3 saturated carbocycles. The van der Waals surface area contributed by atoms with E-state index in [1.807, 2.05) is 0 Å². The molecule has 0 heterocycles. The predicted molar refractivity (Wildman–Crippen MR) is 53.7 cm³/mol.